The van der Waals surface area contributed by atoms with Crippen molar-refractivity contribution in [1.82, 2.24) is 4.98 Å². The zero-order valence-corrected chi connectivity index (χ0v) is 11.6. The predicted molar refractivity (Wildman–Crippen MR) is 73.4 cm³/mol. The molecule has 0 saturated heterocycles. The van der Waals surface area contributed by atoms with Gasteiger partial charge in [-0.25, -0.2) is 0 Å². The predicted octanol–water partition coefficient (Wildman–Crippen LogP) is 3.57. The minimum absolute atomic E-state index is 0.217. The Hall–Kier alpha value is -1.18. The van der Waals surface area contributed by atoms with Crippen LogP contribution in [0.1, 0.15) is 44.2 Å². The van der Waals surface area contributed by atoms with Gasteiger partial charge in [0.05, 0.1) is 0 Å². The molecule has 0 N–H and O–H groups in total. The van der Waals surface area contributed by atoms with E-state index in [4.69, 9.17) is 0 Å². The monoisotopic (exact) mass is 245 g/mol. The van der Waals surface area contributed by atoms with Crippen molar-refractivity contribution in [1.29, 1.82) is 0 Å². The van der Waals surface area contributed by atoms with Gasteiger partial charge in [0.25, 0.3) is 0 Å². The first-order valence-electron chi connectivity index (χ1n) is 6.99. The van der Waals surface area contributed by atoms with Gasteiger partial charge < -0.3 is 0 Å². The number of nitrogens with zero attached hydrogens (tertiary/aromatic N) is 1. The van der Waals surface area contributed by atoms with Crippen LogP contribution >= 0.6 is 0 Å². The Morgan fingerprint density at radius 2 is 2.17 bits per heavy atom. The highest BCUT2D eigenvalue weighted by atomic mass is 16.1. The molecule has 1 aromatic rings. The van der Waals surface area contributed by atoms with E-state index in [1.165, 1.54) is 11.1 Å². The lowest BCUT2D eigenvalue weighted by Gasteiger charge is -2.30. The van der Waals surface area contributed by atoms with Crippen molar-refractivity contribution in [2.24, 2.45) is 17.8 Å². The van der Waals surface area contributed by atoms with E-state index >= 15 is 0 Å². The Morgan fingerprint density at radius 3 is 2.83 bits per heavy atom. The lowest BCUT2D eigenvalue weighted by molar-refractivity contribution is -0.125. The molecule has 2 heteroatoms. The first kappa shape index (κ1) is 13.3. The van der Waals surface area contributed by atoms with Crippen LogP contribution in [0.15, 0.2) is 18.5 Å². The lowest BCUT2D eigenvalue weighted by Crippen LogP contribution is -2.28. The average molecular weight is 245 g/mol. The van der Waals surface area contributed by atoms with Crippen molar-refractivity contribution < 1.29 is 4.79 Å². The third-order valence-corrected chi connectivity index (χ3v) is 4.16. The number of hydrogen-bond donors (Lipinski definition) is 0. The van der Waals surface area contributed by atoms with E-state index in [0.29, 0.717) is 17.6 Å². The van der Waals surface area contributed by atoms with Crippen molar-refractivity contribution in [3.05, 3.63) is 29.6 Å². The number of aryl methyl sites for hydroxylation is 1. The summed E-state index contributed by atoms with van der Waals surface area (Å²) in [5.74, 6) is 2.07. The molecular formula is C16H23NO. The van der Waals surface area contributed by atoms with Crippen molar-refractivity contribution in [2.75, 3.05) is 0 Å². The molecule has 1 saturated carbocycles. The molecule has 2 rings (SSSR count). The number of aromatic nitrogens is 1. The SMILES string of the molecule is Cc1cncc(CC2CC(C(C)C)CCC2=O)c1. The van der Waals surface area contributed by atoms with Crippen LogP contribution in [0.5, 0.6) is 0 Å². The molecule has 2 unspecified atom stereocenters. The van der Waals surface area contributed by atoms with Gasteiger partial charge in [0.15, 0.2) is 0 Å². The molecule has 1 aliphatic rings. The van der Waals surface area contributed by atoms with Gasteiger partial charge in [-0.1, -0.05) is 19.9 Å². The van der Waals surface area contributed by atoms with E-state index < -0.39 is 0 Å². The molecule has 2 atom stereocenters. The van der Waals surface area contributed by atoms with Gasteiger partial charge in [-0.2, -0.15) is 0 Å². The van der Waals surface area contributed by atoms with E-state index in [1.807, 2.05) is 12.4 Å². The molecule has 1 aromatic heterocycles. The van der Waals surface area contributed by atoms with Gasteiger partial charge in [-0.3, -0.25) is 9.78 Å². The van der Waals surface area contributed by atoms with Crippen molar-refractivity contribution in [2.45, 2.75) is 46.5 Å². The summed E-state index contributed by atoms with van der Waals surface area (Å²) in [5.41, 5.74) is 2.38. The summed E-state index contributed by atoms with van der Waals surface area (Å²) in [6, 6.07) is 2.15. The fraction of sp³-hybridized carbons (Fsp3) is 0.625. The normalized spacial score (nSPS) is 24.6. The molecule has 0 aliphatic heterocycles. The van der Waals surface area contributed by atoms with Crippen LogP contribution in [0.3, 0.4) is 0 Å². The molecule has 1 fully saturated rings. The molecule has 0 spiro atoms. The molecular weight excluding hydrogens is 222 g/mol. The molecule has 0 amide bonds. The van der Waals surface area contributed by atoms with Gasteiger partial charge in [-0.05, 0) is 49.1 Å². The van der Waals surface area contributed by atoms with E-state index in [0.717, 1.165) is 25.7 Å². The van der Waals surface area contributed by atoms with Crippen LogP contribution in [0.2, 0.25) is 0 Å². The van der Waals surface area contributed by atoms with Crippen LogP contribution in [0.25, 0.3) is 0 Å². The molecule has 0 aromatic carbocycles. The largest absolute Gasteiger partial charge is 0.299 e. The van der Waals surface area contributed by atoms with Crippen LogP contribution < -0.4 is 0 Å². The van der Waals surface area contributed by atoms with Crippen LogP contribution in [0.4, 0.5) is 0 Å². The second-order valence-electron chi connectivity index (χ2n) is 6.02. The molecule has 2 nitrogen and oxygen atoms in total. The molecule has 98 valence electrons. The minimum atomic E-state index is 0.217. The van der Waals surface area contributed by atoms with Gasteiger partial charge in [0.2, 0.25) is 0 Å². The Balaban J connectivity index is 2.05. The van der Waals surface area contributed by atoms with Gasteiger partial charge in [-0.15, -0.1) is 0 Å². The number of rotatable bonds is 3. The van der Waals surface area contributed by atoms with Gasteiger partial charge >= 0.3 is 0 Å². The maximum Gasteiger partial charge on any atom is 0.136 e. The van der Waals surface area contributed by atoms with E-state index in [9.17, 15) is 4.79 Å². The van der Waals surface area contributed by atoms with Crippen LogP contribution in [0, 0.1) is 24.7 Å². The Bertz CT molecular complexity index is 425. The number of Topliss-reactive ketones (excluding diaryl/α,β-unsaturated/α-hetero) is 1. The zero-order valence-electron chi connectivity index (χ0n) is 11.6. The minimum Gasteiger partial charge on any atom is -0.299 e. The van der Waals surface area contributed by atoms with E-state index in [-0.39, 0.29) is 5.92 Å². The molecule has 1 aliphatic carbocycles. The van der Waals surface area contributed by atoms with Crippen LogP contribution in [-0.4, -0.2) is 10.8 Å². The maximum absolute atomic E-state index is 12.0. The quantitative estimate of drug-likeness (QED) is 0.814. The fourth-order valence-electron chi connectivity index (χ4n) is 2.96. The fourth-order valence-corrected chi connectivity index (χ4v) is 2.96. The number of carbonyl (C=O) groups excluding carboxylic acids is 1. The van der Waals surface area contributed by atoms with Crippen molar-refractivity contribution in [3.8, 4) is 0 Å². The number of ketones is 1. The standard InChI is InChI=1S/C16H23NO/c1-11(2)14-4-5-16(18)15(8-14)7-13-6-12(3)9-17-10-13/h6,9-11,14-15H,4-5,7-8H2,1-3H3. The summed E-state index contributed by atoms with van der Waals surface area (Å²) in [6.07, 6.45) is 7.55. The Kier molecular flexibility index (Phi) is 4.15. The maximum atomic E-state index is 12.0. The summed E-state index contributed by atoms with van der Waals surface area (Å²) >= 11 is 0. The summed E-state index contributed by atoms with van der Waals surface area (Å²) in [5, 5.41) is 0. The number of hydrogen-bond acceptors (Lipinski definition) is 2. The number of pyridine rings is 1. The summed E-state index contributed by atoms with van der Waals surface area (Å²) in [4.78, 5) is 16.2. The van der Waals surface area contributed by atoms with Gasteiger partial charge in [0, 0.05) is 24.7 Å². The second kappa shape index (κ2) is 5.64. The lowest BCUT2D eigenvalue weighted by atomic mass is 9.74. The molecule has 18 heavy (non-hydrogen) atoms. The zero-order chi connectivity index (χ0) is 13.1. The number of carbonyl (C=O) groups is 1. The molecule has 0 bridgehead atoms. The topological polar surface area (TPSA) is 30.0 Å². The molecule has 1 heterocycles. The third-order valence-electron chi connectivity index (χ3n) is 4.16. The summed E-state index contributed by atoms with van der Waals surface area (Å²) in [6.45, 7) is 6.59. The highest BCUT2D eigenvalue weighted by Gasteiger charge is 2.30. The van der Waals surface area contributed by atoms with E-state index in [1.54, 1.807) is 0 Å². The first-order chi connectivity index (χ1) is 8.56. The van der Waals surface area contributed by atoms with E-state index in [2.05, 4.69) is 31.8 Å². The highest BCUT2D eigenvalue weighted by molar-refractivity contribution is 5.82. The Morgan fingerprint density at radius 1 is 1.39 bits per heavy atom. The second-order valence-corrected chi connectivity index (χ2v) is 6.02. The third kappa shape index (κ3) is 3.18. The van der Waals surface area contributed by atoms with Crippen LogP contribution in [-0.2, 0) is 11.2 Å². The molecule has 0 radical (unpaired) electrons. The van der Waals surface area contributed by atoms with Crippen molar-refractivity contribution >= 4 is 5.78 Å². The highest BCUT2D eigenvalue weighted by Crippen LogP contribution is 2.33. The van der Waals surface area contributed by atoms with Gasteiger partial charge in [0.1, 0.15) is 5.78 Å². The smallest absolute Gasteiger partial charge is 0.136 e. The summed E-state index contributed by atoms with van der Waals surface area (Å²) in [7, 11) is 0. The Labute approximate surface area is 110 Å². The van der Waals surface area contributed by atoms with Crippen molar-refractivity contribution in [3.63, 3.8) is 0 Å². The first-order valence-corrected chi connectivity index (χ1v) is 6.99. The summed E-state index contributed by atoms with van der Waals surface area (Å²) < 4.78 is 0. The average Bonchev–Trinajstić information content (AvgIpc) is 2.31.